The third kappa shape index (κ3) is 4.58. The van der Waals surface area contributed by atoms with Crippen molar-refractivity contribution in [1.82, 2.24) is 10.3 Å². The van der Waals surface area contributed by atoms with Crippen molar-refractivity contribution in [2.45, 2.75) is 20.3 Å². The van der Waals surface area contributed by atoms with Crippen molar-refractivity contribution in [3.05, 3.63) is 22.8 Å². The van der Waals surface area contributed by atoms with Crippen LogP contribution in [0.1, 0.15) is 30.6 Å². The molecule has 1 aliphatic heterocycles. The minimum atomic E-state index is -0.364. The van der Waals surface area contributed by atoms with Crippen LogP contribution in [0.2, 0.25) is 5.02 Å². The average Bonchev–Trinajstić information content (AvgIpc) is 2.47. The first-order chi connectivity index (χ1) is 10.1. The maximum atomic E-state index is 11.9. The van der Waals surface area contributed by atoms with Crippen LogP contribution < -0.4 is 10.2 Å². The van der Waals surface area contributed by atoms with Gasteiger partial charge < -0.3 is 15.0 Å². The molecule has 1 saturated heterocycles. The highest BCUT2D eigenvalue weighted by molar-refractivity contribution is 6.33. The van der Waals surface area contributed by atoms with Gasteiger partial charge in [-0.15, -0.1) is 0 Å². The van der Waals surface area contributed by atoms with Gasteiger partial charge in [-0.05, 0) is 18.4 Å². The number of hydrogen-bond acceptors (Lipinski definition) is 5. The predicted molar refractivity (Wildman–Crippen MR) is 84.1 cm³/mol. The monoisotopic (exact) mass is 311 g/mol. The van der Waals surface area contributed by atoms with E-state index in [1.807, 2.05) is 0 Å². The Labute approximate surface area is 130 Å². The Balaban J connectivity index is 1.99. The van der Waals surface area contributed by atoms with Gasteiger partial charge in [0.05, 0.1) is 17.2 Å². The summed E-state index contributed by atoms with van der Waals surface area (Å²) in [4.78, 5) is 18.4. The Morgan fingerprint density at radius 3 is 2.81 bits per heavy atom. The number of hydrogen-bond donors (Lipinski definition) is 1. The number of halogens is 1. The zero-order valence-corrected chi connectivity index (χ0v) is 13.3. The number of nitrogens with zero attached hydrogens (tertiary/aromatic N) is 2. The van der Waals surface area contributed by atoms with Crippen LogP contribution in [0.4, 0.5) is 5.82 Å². The van der Waals surface area contributed by atoms with Gasteiger partial charge in [0.25, 0.3) is 0 Å². The van der Waals surface area contributed by atoms with Crippen molar-refractivity contribution in [2.75, 3.05) is 37.7 Å². The van der Waals surface area contributed by atoms with Crippen LogP contribution in [-0.4, -0.2) is 43.7 Å². The first-order valence-corrected chi connectivity index (χ1v) is 7.74. The summed E-state index contributed by atoms with van der Waals surface area (Å²) in [6, 6.07) is 1.64. The van der Waals surface area contributed by atoms with Gasteiger partial charge >= 0.3 is 5.97 Å². The Morgan fingerprint density at radius 1 is 1.48 bits per heavy atom. The largest absolute Gasteiger partial charge is 0.462 e. The van der Waals surface area contributed by atoms with E-state index in [-0.39, 0.29) is 5.97 Å². The fourth-order valence-corrected chi connectivity index (χ4v) is 2.41. The lowest BCUT2D eigenvalue weighted by molar-refractivity contribution is 0.0487. The molecule has 0 amide bonds. The standard InChI is InChI=1S/C15H22ClN3O2/c1-11(2)3-8-21-15(20)12-9-13(16)14(18-10-12)19-6-4-17-5-7-19/h9-11,17H,3-8H2,1-2H3. The molecular formula is C15H22ClN3O2. The fraction of sp³-hybridized carbons (Fsp3) is 0.600. The summed E-state index contributed by atoms with van der Waals surface area (Å²) >= 11 is 6.26. The molecule has 0 saturated carbocycles. The highest BCUT2D eigenvalue weighted by atomic mass is 35.5. The summed E-state index contributed by atoms with van der Waals surface area (Å²) in [5, 5.41) is 3.77. The molecule has 5 nitrogen and oxygen atoms in total. The van der Waals surface area contributed by atoms with Crippen LogP contribution >= 0.6 is 11.6 Å². The van der Waals surface area contributed by atoms with Gasteiger partial charge in [-0.2, -0.15) is 0 Å². The number of piperazine rings is 1. The van der Waals surface area contributed by atoms with E-state index in [2.05, 4.69) is 29.0 Å². The van der Waals surface area contributed by atoms with E-state index >= 15 is 0 Å². The molecule has 1 aromatic heterocycles. The van der Waals surface area contributed by atoms with Gasteiger partial charge in [-0.3, -0.25) is 0 Å². The molecule has 1 aliphatic rings. The van der Waals surface area contributed by atoms with E-state index < -0.39 is 0 Å². The molecule has 1 aromatic rings. The van der Waals surface area contributed by atoms with E-state index in [0.717, 1.165) is 38.4 Å². The molecule has 0 aliphatic carbocycles. The molecule has 6 heteroatoms. The smallest absolute Gasteiger partial charge is 0.339 e. The number of esters is 1. The Kier molecular flexibility index (Phi) is 5.82. The summed E-state index contributed by atoms with van der Waals surface area (Å²) < 4.78 is 5.22. The van der Waals surface area contributed by atoms with E-state index in [1.165, 1.54) is 0 Å². The van der Waals surface area contributed by atoms with Gasteiger partial charge in [-0.1, -0.05) is 25.4 Å². The first kappa shape index (κ1) is 16.0. The molecule has 1 fully saturated rings. The van der Waals surface area contributed by atoms with Crippen LogP contribution in [0.5, 0.6) is 0 Å². The van der Waals surface area contributed by atoms with E-state index in [9.17, 15) is 4.79 Å². The maximum absolute atomic E-state index is 11.9. The van der Waals surface area contributed by atoms with Crippen molar-refractivity contribution in [3.63, 3.8) is 0 Å². The minimum Gasteiger partial charge on any atom is -0.462 e. The van der Waals surface area contributed by atoms with Gasteiger partial charge in [-0.25, -0.2) is 9.78 Å². The van der Waals surface area contributed by atoms with Crippen molar-refractivity contribution >= 4 is 23.4 Å². The molecular weight excluding hydrogens is 290 g/mol. The summed E-state index contributed by atoms with van der Waals surface area (Å²) in [5.41, 5.74) is 0.405. The summed E-state index contributed by atoms with van der Waals surface area (Å²) in [6.07, 6.45) is 2.40. The van der Waals surface area contributed by atoms with Gasteiger partial charge in [0.15, 0.2) is 0 Å². The van der Waals surface area contributed by atoms with Crippen molar-refractivity contribution in [3.8, 4) is 0 Å². The normalized spacial score (nSPS) is 15.3. The first-order valence-electron chi connectivity index (χ1n) is 7.36. The van der Waals surface area contributed by atoms with Gasteiger partial charge in [0.2, 0.25) is 0 Å². The topological polar surface area (TPSA) is 54.5 Å². The second-order valence-electron chi connectivity index (χ2n) is 5.58. The number of carbonyl (C=O) groups is 1. The number of pyridine rings is 1. The molecule has 2 heterocycles. The zero-order valence-electron chi connectivity index (χ0n) is 12.6. The molecule has 2 rings (SSSR count). The van der Waals surface area contributed by atoms with Crippen LogP contribution in [-0.2, 0) is 4.74 Å². The number of aromatic nitrogens is 1. The van der Waals surface area contributed by atoms with Crippen molar-refractivity contribution < 1.29 is 9.53 Å². The SMILES string of the molecule is CC(C)CCOC(=O)c1cnc(N2CCNCC2)c(Cl)c1. The second kappa shape index (κ2) is 7.61. The summed E-state index contributed by atoms with van der Waals surface area (Å²) in [5.74, 6) is 0.878. The quantitative estimate of drug-likeness (QED) is 0.846. The van der Waals surface area contributed by atoms with E-state index in [4.69, 9.17) is 16.3 Å². The summed E-state index contributed by atoms with van der Waals surface area (Å²) in [6.45, 7) is 8.17. The molecule has 0 spiro atoms. The van der Waals surface area contributed by atoms with Crippen LogP contribution in [0.3, 0.4) is 0 Å². The van der Waals surface area contributed by atoms with Crippen molar-refractivity contribution in [2.24, 2.45) is 5.92 Å². The average molecular weight is 312 g/mol. The number of carbonyl (C=O) groups excluding carboxylic acids is 1. The highest BCUT2D eigenvalue weighted by Gasteiger charge is 2.17. The van der Waals surface area contributed by atoms with E-state index in [1.54, 1.807) is 12.3 Å². The van der Waals surface area contributed by atoms with Gasteiger partial charge in [0, 0.05) is 32.4 Å². The van der Waals surface area contributed by atoms with E-state index in [0.29, 0.717) is 23.1 Å². The minimum absolute atomic E-state index is 0.364. The van der Waals surface area contributed by atoms with Crippen molar-refractivity contribution in [1.29, 1.82) is 0 Å². The molecule has 0 bridgehead atoms. The predicted octanol–water partition coefficient (Wildman–Crippen LogP) is 2.35. The zero-order chi connectivity index (χ0) is 15.2. The second-order valence-corrected chi connectivity index (χ2v) is 5.99. The number of anilines is 1. The summed E-state index contributed by atoms with van der Waals surface area (Å²) in [7, 11) is 0. The number of rotatable bonds is 5. The van der Waals surface area contributed by atoms with Crippen LogP contribution in [0, 0.1) is 5.92 Å². The molecule has 1 N–H and O–H groups in total. The molecule has 0 aromatic carbocycles. The number of ether oxygens (including phenoxy) is 1. The third-order valence-electron chi connectivity index (χ3n) is 3.40. The molecule has 0 radical (unpaired) electrons. The highest BCUT2D eigenvalue weighted by Crippen LogP contribution is 2.24. The molecule has 21 heavy (non-hydrogen) atoms. The lowest BCUT2D eigenvalue weighted by atomic mass is 10.1. The Bertz CT molecular complexity index is 488. The van der Waals surface area contributed by atoms with Gasteiger partial charge in [0.1, 0.15) is 5.82 Å². The lowest BCUT2D eigenvalue weighted by Gasteiger charge is -2.29. The molecule has 116 valence electrons. The Hall–Kier alpha value is -1.33. The van der Waals surface area contributed by atoms with Crippen LogP contribution in [0.15, 0.2) is 12.3 Å². The lowest BCUT2D eigenvalue weighted by Crippen LogP contribution is -2.44. The maximum Gasteiger partial charge on any atom is 0.339 e. The van der Waals surface area contributed by atoms with Crippen LogP contribution in [0.25, 0.3) is 0 Å². The fourth-order valence-electron chi connectivity index (χ4n) is 2.12. The molecule has 0 atom stereocenters. The third-order valence-corrected chi connectivity index (χ3v) is 3.68. The number of nitrogens with one attached hydrogen (secondary N) is 1. The Morgan fingerprint density at radius 2 is 2.19 bits per heavy atom. The molecule has 0 unspecified atom stereocenters.